The van der Waals surface area contributed by atoms with Crippen LogP contribution in [-0.4, -0.2) is 12.1 Å². The number of benzene rings is 2. The minimum absolute atomic E-state index is 0.161. The molecule has 0 aliphatic carbocycles. The Morgan fingerprint density at radius 2 is 1.57 bits per heavy atom. The first-order chi connectivity index (χ1) is 9.78. The van der Waals surface area contributed by atoms with Crippen molar-refractivity contribution in [2.24, 2.45) is 0 Å². The second kappa shape index (κ2) is 5.60. The van der Waals surface area contributed by atoms with E-state index in [0.717, 1.165) is 23.3 Å². The molecule has 2 nitrogen and oxygen atoms in total. The average molecular weight is 294 g/mol. The summed E-state index contributed by atoms with van der Waals surface area (Å²) in [6.07, 6.45) is -4.78. The fourth-order valence-electron chi connectivity index (χ4n) is 2.15. The molecule has 0 radical (unpaired) electrons. The number of ether oxygens (including phenoxy) is 1. The summed E-state index contributed by atoms with van der Waals surface area (Å²) in [4.78, 5) is 12.5. The summed E-state index contributed by atoms with van der Waals surface area (Å²) in [6.45, 7) is 3.58. The summed E-state index contributed by atoms with van der Waals surface area (Å²) < 4.78 is 40.5. The number of ketones is 1. The van der Waals surface area contributed by atoms with Gasteiger partial charge >= 0.3 is 6.36 Å². The van der Waals surface area contributed by atoms with Gasteiger partial charge in [-0.3, -0.25) is 4.79 Å². The van der Waals surface area contributed by atoms with Gasteiger partial charge in [0.2, 0.25) is 0 Å². The van der Waals surface area contributed by atoms with Crippen LogP contribution in [0.15, 0.2) is 42.5 Å². The molecule has 2 rings (SSSR count). The van der Waals surface area contributed by atoms with Gasteiger partial charge in [0.15, 0.2) is 5.78 Å². The zero-order chi connectivity index (χ0) is 15.6. The molecule has 0 aromatic heterocycles. The molecule has 0 atom stereocenters. The van der Waals surface area contributed by atoms with Crippen LogP contribution in [-0.2, 0) is 0 Å². The van der Waals surface area contributed by atoms with Crippen LogP contribution in [0.25, 0.3) is 0 Å². The Hall–Kier alpha value is -2.30. The molecular formula is C16H13F3O2. The SMILES string of the molecule is Cc1cccc(C)c1C(=O)c1cccc(OC(F)(F)F)c1. The largest absolute Gasteiger partial charge is 0.573 e. The topological polar surface area (TPSA) is 26.3 Å². The highest BCUT2D eigenvalue weighted by Gasteiger charge is 2.31. The number of halogens is 3. The Labute approximate surface area is 120 Å². The maximum absolute atomic E-state index is 12.5. The number of aryl methyl sites for hydroxylation is 2. The van der Waals surface area contributed by atoms with Crippen LogP contribution in [0.3, 0.4) is 0 Å². The second-order valence-corrected chi connectivity index (χ2v) is 4.67. The van der Waals surface area contributed by atoms with E-state index in [0.29, 0.717) is 5.56 Å². The molecule has 0 amide bonds. The van der Waals surface area contributed by atoms with Crippen molar-refractivity contribution in [2.75, 3.05) is 0 Å². The van der Waals surface area contributed by atoms with Gasteiger partial charge in [0.05, 0.1) is 0 Å². The van der Waals surface area contributed by atoms with Gasteiger partial charge in [0.25, 0.3) is 0 Å². The normalized spacial score (nSPS) is 11.3. The van der Waals surface area contributed by atoms with E-state index >= 15 is 0 Å². The first kappa shape index (κ1) is 15.1. The highest BCUT2D eigenvalue weighted by molar-refractivity contribution is 6.11. The maximum Gasteiger partial charge on any atom is 0.573 e. The van der Waals surface area contributed by atoms with Crippen LogP contribution < -0.4 is 4.74 Å². The second-order valence-electron chi connectivity index (χ2n) is 4.67. The lowest BCUT2D eigenvalue weighted by atomic mass is 9.95. The Bertz CT molecular complexity index is 655. The van der Waals surface area contributed by atoms with Crippen LogP contribution in [0.1, 0.15) is 27.0 Å². The molecule has 0 spiro atoms. The van der Waals surface area contributed by atoms with E-state index in [4.69, 9.17) is 0 Å². The predicted molar refractivity (Wildman–Crippen MR) is 72.5 cm³/mol. The zero-order valence-corrected chi connectivity index (χ0v) is 11.5. The molecular weight excluding hydrogens is 281 g/mol. The number of hydrogen-bond acceptors (Lipinski definition) is 2. The summed E-state index contributed by atoms with van der Waals surface area (Å²) >= 11 is 0. The lowest BCUT2D eigenvalue weighted by Crippen LogP contribution is -2.17. The van der Waals surface area contributed by atoms with E-state index < -0.39 is 12.1 Å². The molecule has 0 aliphatic heterocycles. The highest BCUT2D eigenvalue weighted by atomic mass is 19.4. The van der Waals surface area contributed by atoms with Gasteiger partial charge in [0, 0.05) is 11.1 Å². The van der Waals surface area contributed by atoms with Crippen LogP contribution in [0.5, 0.6) is 5.75 Å². The predicted octanol–water partition coefficient (Wildman–Crippen LogP) is 4.43. The third kappa shape index (κ3) is 3.62. The Balaban J connectivity index is 2.38. The van der Waals surface area contributed by atoms with Crippen molar-refractivity contribution in [1.29, 1.82) is 0 Å². The average Bonchev–Trinajstić information content (AvgIpc) is 2.36. The van der Waals surface area contributed by atoms with E-state index in [1.54, 1.807) is 26.0 Å². The van der Waals surface area contributed by atoms with Gasteiger partial charge in [-0.1, -0.05) is 30.3 Å². The monoisotopic (exact) mass is 294 g/mol. The molecule has 0 aliphatic rings. The molecule has 0 bridgehead atoms. The lowest BCUT2D eigenvalue weighted by Gasteiger charge is -2.11. The van der Waals surface area contributed by atoms with E-state index in [9.17, 15) is 18.0 Å². The van der Waals surface area contributed by atoms with E-state index in [-0.39, 0.29) is 11.3 Å². The molecule has 21 heavy (non-hydrogen) atoms. The minimum atomic E-state index is -4.78. The summed E-state index contributed by atoms with van der Waals surface area (Å²) in [6, 6.07) is 10.5. The van der Waals surface area contributed by atoms with Crippen molar-refractivity contribution in [1.82, 2.24) is 0 Å². The molecule has 0 saturated carbocycles. The molecule has 0 unspecified atom stereocenters. The first-order valence-corrected chi connectivity index (χ1v) is 6.24. The van der Waals surface area contributed by atoms with Crippen molar-refractivity contribution < 1.29 is 22.7 Å². The van der Waals surface area contributed by atoms with Gasteiger partial charge in [-0.2, -0.15) is 0 Å². The number of alkyl halides is 3. The Morgan fingerprint density at radius 3 is 2.14 bits per heavy atom. The van der Waals surface area contributed by atoms with Crippen molar-refractivity contribution in [2.45, 2.75) is 20.2 Å². The van der Waals surface area contributed by atoms with Crippen LogP contribution in [0.4, 0.5) is 13.2 Å². The molecule has 5 heteroatoms. The number of carbonyl (C=O) groups is 1. The molecule has 2 aromatic rings. The fourth-order valence-corrected chi connectivity index (χ4v) is 2.15. The van der Waals surface area contributed by atoms with Gasteiger partial charge < -0.3 is 4.74 Å². The van der Waals surface area contributed by atoms with E-state index in [1.807, 2.05) is 6.07 Å². The van der Waals surface area contributed by atoms with Gasteiger partial charge in [-0.25, -0.2) is 0 Å². The van der Waals surface area contributed by atoms with Crippen LogP contribution >= 0.6 is 0 Å². The smallest absolute Gasteiger partial charge is 0.406 e. The Kier molecular flexibility index (Phi) is 4.02. The minimum Gasteiger partial charge on any atom is -0.406 e. The summed E-state index contributed by atoms with van der Waals surface area (Å²) in [5.74, 6) is -0.724. The van der Waals surface area contributed by atoms with Crippen LogP contribution in [0.2, 0.25) is 0 Å². The van der Waals surface area contributed by atoms with Crippen LogP contribution in [0, 0.1) is 13.8 Å². The molecule has 0 heterocycles. The van der Waals surface area contributed by atoms with Crippen molar-refractivity contribution in [3.05, 3.63) is 64.7 Å². The third-order valence-electron chi connectivity index (χ3n) is 3.04. The molecule has 0 fully saturated rings. The molecule has 0 N–H and O–H groups in total. The quantitative estimate of drug-likeness (QED) is 0.783. The number of rotatable bonds is 3. The van der Waals surface area contributed by atoms with Gasteiger partial charge in [-0.15, -0.1) is 13.2 Å². The van der Waals surface area contributed by atoms with E-state index in [1.165, 1.54) is 12.1 Å². The van der Waals surface area contributed by atoms with Crippen molar-refractivity contribution >= 4 is 5.78 Å². The summed E-state index contributed by atoms with van der Waals surface area (Å²) in [5, 5.41) is 0. The number of carbonyl (C=O) groups excluding carboxylic acids is 1. The van der Waals surface area contributed by atoms with Gasteiger partial charge in [-0.05, 0) is 37.1 Å². The first-order valence-electron chi connectivity index (χ1n) is 6.24. The molecule has 110 valence electrons. The molecule has 2 aromatic carbocycles. The summed E-state index contributed by atoms with van der Waals surface area (Å²) in [7, 11) is 0. The highest BCUT2D eigenvalue weighted by Crippen LogP contribution is 2.25. The van der Waals surface area contributed by atoms with Crippen molar-refractivity contribution in [3.63, 3.8) is 0 Å². The van der Waals surface area contributed by atoms with E-state index in [2.05, 4.69) is 4.74 Å². The molecule has 0 saturated heterocycles. The summed E-state index contributed by atoms with van der Waals surface area (Å²) in [5.41, 5.74) is 2.22. The Morgan fingerprint density at radius 1 is 1.00 bits per heavy atom. The number of hydrogen-bond donors (Lipinski definition) is 0. The van der Waals surface area contributed by atoms with Gasteiger partial charge in [0.1, 0.15) is 5.75 Å². The third-order valence-corrected chi connectivity index (χ3v) is 3.04. The maximum atomic E-state index is 12.5. The van der Waals surface area contributed by atoms with Crippen molar-refractivity contribution in [3.8, 4) is 5.75 Å². The standard InChI is InChI=1S/C16H13F3O2/c1-10-5-3-6-11(2)14(10)15(20)12-7-4-8-13(9-12)21-16(17,18)19/h3-9H,1-2H3. The lowest BCUT2D eigenvalue weighted by molar-refractivity contribution is -0.274. The zero-order valence-electron chi connectivity index (χ0n) is 11.5. The fraction of sp³-hybridized carbons (Fsp3) is 0.188.